The lowest BCUT2D eigenvalue weighted by Crippen LogP contribution is -2.26. The van der Waals surface area contributed by atoms with Crippen LogP contribution in [0.5, 0.6) is 0 Å². The van der Waals surface area contributed by atoms with Crippen LogP contribution in [0.25, 0.3) is 11.0 Å². The highest BCUT2D eigenvalue weighted by Crippen LogP contribution is 2.23. The molecule has 0 atom stereocenters. The molecule has 0 unspecified atom stereocenters. The van der Waals surface area contributed by atoms with Gasteiger partial charge in [-0.2, -0.15) is 0 Å². The van der Waals surface area contributed by atoms with Gasteiger partial charge in [0.05, 0.1) is 5.39 Å². The molecule has 0 aliphatic heterocycles. The van der Waals surface area contributed by atoms with Gasteiger partial charge in [0.25, 0.3) is 0 Å². The molecule has 0 aliphatic carbocycles. The van der Waals surface area contributed by atoms with Gasteiger partial charge < -0.3 is 15.0 Å². The van der Waals surface area contributed by atoms with E-state index in [4.69, 9.17) is 5.11 Å². The molecule has 17 heavy (non-hydrogen) atoms. The second-order valence-electron chi connectivity index (χ2n) is 4.06. The van der Waals surface area contributed by atoms with Crippen molar-refractivity contribution in [1.82, 2.24) is 15.0 Å². The molecule has 0 saturated carbocycles. The summed E-state index contributed by atoms with van der Waals surface area (Å²) in [7, 11) is 1.71. The van der Waals surface area contributed by atoms with Gasteiger partial charge in [0.15, 0.2) is 0 Å². The average molecular weight is 234 g/mol. The number of carbonyl (C=O) groups is 1. The van der Waals surface area contributed by atoms with Crippen LogP contribution in [0.3, 0.4) is 0 Å². The molecule has 2 N–H and O–H groups in total. The van der Waals surface area contributed by atoms with Crippen LogP contribution in [0.4, 0.5) is 5.82 Å². The van der Waals surface area contributed by atoms with Crippen molar-refractivity contribution in [2.45, 2.75) is 13.8 Å². The van der Waals surface area contributed by atoms with Gasteiger partial charge in [0.1, 0.15) is 23.8 Å². The highest BCUT2D eigenvalue weighted by molar-refractivity contribution is 5.89. The molecule has 6 nitrogen and oxygen atoms in total. The van der Waals surface area contributed by atoms with Crippen LogP contribution in [0.2, 0.25) is 0 Å². The normalized spacial score (nSPS) is 10.8. The number of rotatable bonds is 3. The maximum absolute atomic E-state index is 10.7. The van der Waals surface area contributed by atoms with Crippen LogP contribution in [-0.4, -0.2) is 39.6 Å². The van der Waals surface area contributed by atoms with Crippen LogP contribution in [0.15, 0.2) is 6.07 Å². The molecule has 90 valence electrons. The number of nitrogens with one attached hydrogen (secondary N) is 1. The number of carboxylic acids is 1. The predicted octanol–water partition coefficient (Wildman–Crippen LogP) is 1.10. The zero-order chi connectivity index (χ0) is 12.6. The highest BCUT2D eigenvalue weighted by atomic mass is 16.4. The summed E-state index contributed by atoms with van der Waals surface area (Å²) in [6.45, 7) is 3.63. The van der Waals surface area contributed by atoms with Crippen molar-refractivity contribution in [3.05, 3.63) is 17.6 Å². The summed E-state index contributed by atoms with van der Waals surface area (Å²) in [5.74, 6) is 0.370. The zero-order valence-electron chi connectivity index (χ0n) is 9.98. The van der Waals surface area contributed by atoms with Crippen molar-refractivity contribution >= 4 is 22.8 Å². The number of hydrogen-bond donors (Lipinski definition) is 2. The lowest BCUT2D eigenvalue weighted by Gasteiger charge is -2.16. The number of carboxylic acid groups (broad SMARTS) is 1. The fourth-order valence-electron chi connectivity index (χ4n) is 1.80. The summed E-state index contributed by atoms with van der Waals surface area (Å²) in [5.41, 5.74) is 1.71. The van der Waals surface area contributed by atoms with Gasteiger partial charge in [-0.3, -0.25) is 4.79 Å². The summed E-state index contributed by atoms with van der Waals surface area (Å²) >= 11 is 0. The number of anilines is 1. The third-order valence-corrected chi connectivity index (χ3v) is 2.45. The molecule has 0 amide bonds. The Morgan fingerprint density at radius 3 is 2.82 bits per heavy atom. The monoisotopic (exact) mass is 234 g/mol. The molecule has 0 spiro atoms. The number of hydrogen-bond acceptors (Lipinski definition) is 4. The first-order chi connectivity index (χ1) is 7.97. The van der Waals surface area contributed by atoms with Crippen molar-refractivity contribution < 1.29 is 9.90 Å². The second-order valence-corrected chi connectivity index (χ2v) is 4.06. The van der Waals surface area contributed by atoms with E-state index in [2.05, 4.69) is 15.0 Å². The SMILES string of the molecule is Cc1nc(N(C)CC(=O)O)c2cc(C)[nH]c2n1. The Balaban J connectivity index is 2.54. The summed E-state index contributed by atoms with van der Waals surface area (Å²) in [6, 6.07) is 1.92. The second kappa shape index (κ2) is 4.04. The minimum atomic E-state index is -0.885. The minimum absolute atomic E-state index is 0.0875. The molecular formula is C11H14N4O2. The van der Waals surface area contributed by atoms with Crippen LogP contribution in [-0.2, 0) is 4.79 Å². The van der Waals surface area contributed by atoms with Gasteiger partial charge in [-0.05, 0) is 19.9 Å². The number of likely N-dealkylation sites (N-methyl/N-ethyl adjacent to an activating group) is 1. The largest absolute Gasteiger partial charge is 0.480 e. The van der Waals surface area contributed by atoms with E-state index < -0.39 is 5.97 Å². The first kappa shape index (κ1) is 11.4. The van der Waals surface area contributed by atoms with Crippen LogP contribution in [0, 0.1) is 13.8 Å². The third-order valence-electron chi connectivity index (χ3n) is 2.45. The van der Waals surface area contributed by atoms with E-state index in [-0.39, 0.29) is 6.54 Å². The van der Waals surface area contributed by atoms with E-state index >= 15 is 0 Å². The molecular weight excluding hydrogens is 220 g/mol. The zero-order valence-corrected chi connectivity index (χ0v) is 9.98. The fraction of sp³-hybridized carbons (Fsp3) is 0.364. The molecule has 0 aliphatic rings. The number of aryl methyl sites for hydroxylation is 2. The van der Waals surface area contributed by atoms with Gasteiger partial charge in [-0.15, -0.1) is 0 Å². The molecule has 0 bridgehead atoms. The topological polar surface area (TPSA) is 82.1 Å². The molecule has 2 heterocycles. The standard InChI is InChI=1S/C11H14N4O2/c1-6-4-8-10(12-6)13-7(2)14-11(8)15(3)5-9(16)17/h4H,5H2,1-3H3,(H,16,17)(H,12,13,14). The van der Waals surface area contributed by atoms with Gasteiger partial charge in [-0.25, -0.2) is 9.97 Å². The van der Waals surface area contributed by atoms with Crippen molar-refractivity contribution in [3.63, 3.8) is 0 Å². The molecule has 6 heteroatoms. The predicted molar refractivity (Wildman–Crippen MR) is 64.3 cm³/mol. The van der Waals surface area contributed by atoms with E-state index in [0.717, 1.165) is 16.7 Å². The third kappa shape index (κ3) is 2.20. The Morgan fingerprint density at radius 2 is 2.18 bits per heavy atom. The first-order valence-electron chi connectivity index (χ1n) is 5.24. The Kier molecular flexibility index (Phi) is 2.71. The van der Waals surface area contributed by atoms with Crippen molar-refractivity contribution in [1.29, 1.82) is 0 Å². The summed E-state index contributed by atoms with van der Waals surface area (Å²) in [4.78, 5) is 24.0. The number of H-pyrrole nitrogens is 1. The molecule has 0 saturated heterocycles. The van der Waals surface area contributed by atoms with Crippen molar-refractivity contribution in [2.75, 3.05) is 18.5 Å². The molecule has 0 aromatic carbocycles. The maximum atomic E-state index is 10.7. The maximum Gasteiger partial charge on any atom is 0.323 e. The van der Waals surface area contributed by atoms with E-state index in [1.54, 1.807) is 18.9 Å². The number of aromatic nitrogens is 3. The lowest BCUT2D eigenvalue weighted by atomic mass is 10.3. The molecule has 0 fully saturated rings. The summed E-state index contributed by atoms with van der Waals surface area (Å²) < 4.78 is 0. The van der Waals surface area contributed by atoms with Crippen LogP contribution < -0.4 is 4.90 Å². The smallest absolute Gasteiger partial charge is 0.323 e. The number of fused-ring (bicyclic) bond motifs is 1. The van der Waals surface area contributed by atoms with E-state index in [1.165, 1.54) is 0 Å². The van der Waals surface area contributed by atoms with Gasteiger partial charge >= 0.3 is 5.97 Å². The van der Waals surface area contributed by atoms with E-state index in [1.807, 2.05) is 13.0 Å². The number of aromatic amines is 1. The van der Waals surface area contributed by atoms with Gasteiger partial charge in [-0.1, -0.05) is 0 Å². The average Bonchev–Trinajstić information content (AvgIpc) is 2.55. The number of aliphatic carboxylic acids is 1. The van der Waals surface area contributed by atoms with Crippen LogP contribution >= 0.6 is 0 Å². The van der Waals surface area contributed by atoms with E-state index in [0.29, 0.717) is 11.6 Å². The van der Waals surface area contributed by atoms with Gasteiger partial charge in [0, 0.05) is 12.7 Å². The fourth-order valence-corrected chi connectivity index (χ4v) is 1.80. The Hall–Kier alpha value is -2.11. The molecule has 2 rings (SSSR count). The van der Waals surface area contributed by atoms with Crippen LogP contribution in [0.1, 0.15) is 11.5 Å². The molecule has 2 aromatic heterocycles. The van der Waals surface area contributed by atoms with E-state index in [9.17, 15) is 4.79 Å². The quantitative estimate of drug-likeness (QED) is 0.830. The highest BCUT2D eigenvalue weighted by Gasteiger charge is 2.14. The lowest BCUT2D eigenvalue weighted by molar-refractivity contribution is -0.135. The van der Waals surface area contributed by atoms with Crippen molar-refractivity contribution in [3.8, 4) is 0 Å². The minimum Gasteiger partial charge on any atom is -0.480 e. The summed E-state index contributed by atoms with van der Waals surface area (Å²) in [5, 5.41) is 9.64. The van der Waals surface area contributed by atoms with Crippen molar-refractivity contribution in [2.24, 2.45) is 0 Å². The Morgan fingerprint density at radius 1 is 1.47 bits per heavy atom. The Labute approximate surface area is 98.3 Å². The van der Waals surface area contributed by atoms with Gasteiger partial charge in [0.2, 0.25) is 0 Å². The molecule has 0 radical (unpaired) electrons. The first-order valence-corrected chi connectivity index (χ1v) is 5.24. The molecule has 2 aromatic rings. The summed E-state index contributed by atoms with van der Waals surface area (Å²) in [6.07, 6.45) is 0. The Bertz CT molecular complexity index is 576. The number of nitrogens with zero attached hydrogens (tertiary/aromatic N) is 3.